The maximum Gasteiger partial charge on any atom is 0.0540 e. The Morgan fingerprint density at radius 2 is 2.07 bits per heavy atom. The van der Waals surface area contributed by atoms with Crippen LogP contribution in [-0.4, -0.2) is 9.78 Å². The zero-order valence-electron chi connectivity index (χ0n) is 10.1. The molecule has 0 aromatic carbocycles. The van der Waals surface area contributed by atoms with Gasteiger partial charge in [0.15, 0.2) is 0 Å². The van der Waals surface area contributed by atoms with Gasteiger partial charge in [-0.3, -0.25) is 16.0 Å². The Labute approximate surface area is 91.8 Å². The maximum absolute atomic E-state index is 5.65. The van der Waals surface area contributed by atoms with E-state index < -0.39 is 0 Å². The largest absolute Gasteiger partial charge is 0.273 e. The van der Waals surface area contributed by atoms with E-state index in [0.717, 1.165) is 12.8 Å². The first kappa shape index (κ1) is 12.2. The molecule has 0 bridgehead atoms. The summed E-state index contributed by atoms with van der Waals surface area (Å²) in [6.45, 7) is 6.48. The van der Waals surface area contributed by atoms with Crippen LogP contribution in [0.2, 0.25) is 0 Å². The molecule has 0 saturated carbocycles. The number of rotatable bonds is 5. The van der Waals surface area contributed by atoms with Crippen molar-refractivity contribution >= 4 is 0 Å². The van der Waals surface area contributed by atoms with Gasteiger partial charge in [-0.2, -0.15) is 5.10 Å². The van der Waals surface area contributed by atoms with Gasteiger partial charge in [0.1, 0.15) is 0 Å². The average Bonchev–Trinajstić information content (AvgIpc) is 2.57. The summed E-state index contributed by atoms with van der Waals surface area (Å²) in [7, 11) is 1.96. The molecule has 0 spiro atoms. The highest BCUT2D eigenvalue weighted by atomic mass is 15.3. The number of hydrogen-bond donors (Lipinski definition) is 2. The molecule has 0 aliphatic heterocycles. The normalized spacial score (nSPS) is 13.5. The van der Waals surface area contributed by atoms with E-state index in [4.69, 9.17) is 5.84 Å². The first-order valence-electron chi connectivity index (χ1n) is 5.60. The summed E-state index contributed by atoms with van der Waals surface area (Å²) in [5.74, 6) is 6.22. The Hall–Kier alpha value is -0.870. The lowest BCUT2D eigenvalue weighted by Gasteiger charge is -2.24. The Morgan fingerprint density at radius 1 is 1.47 bits per heavy atom. The molecule has 1 unspecified atom stereocenters. The second-order valence-corrected chi connectivity index (χ2v) is 4.03. The van der Waals surface area contributed by atoms with Gasteiger partial charge in [-0.1, -0.05) is 26.7 Å². The number of nitrogens with zero attached hydrogens (tertiary/aromatic N) is 2. The predicted octanol–water partition coefficient (Wildman–Crippen LogP) is 1.67. The Morgan fingerprint density at radius 3 is 2.40 bits per heavy atom. The zero-order chi connectivity index (χ0) is 11.4. The number of aromatic nitrogens is 2. The summed E-state index contributed by atoms with van der Waals surface area (Å²) in [6.07, 6.45) is 4.16. The fourth-order valence-electron chi connectivity index (χ4n) is 2.06. The molecule has 86 valence electrons. The summed E-state index contributed by atoms with van der Waals surface area (Å²) >= 11 is 0. The molecular formula is C11H22N4. The van der Waals surface area contributed by atoms with Gasteiger partial charge in [-0.05, 0) is 12.8 Å². The molecule has 0 fully saturated rings. The maximum atomic E-state index is 5.65. The van der Waals surface area contributed by atoms with E-state index in [9.17, 15) is 0 Å². The monoisotopic (exact) mass is 210 g/mol. The van der Waals surface area contributed by atoms with Crippen LogP contribution in [-0.2, 0) is 7.05 Å². The van der Waals surface area contributed by atoms with E-state index >= 15 is 0 Å². The molecular weight excluding hydrogens is 188 g/mol. The van der Waals surface area contributed by atoms with Crippen molar-refractivity contribution in [3.05, 3.63) is 17.5 Å². The molecule has 0 aliphatic rings. The van der Waals surface area contributed by atoms with E-state index in [2.05, 4.69) is 31.3 Å². The van der Waals surface area contributed by atoms with E-state index in [1.807, 2.05) is 17.9 Å². The third kappa shape index (κ3) is 2.38. The Balaban J connectivity index is 2.96. The number of hydrogen-bond acceptors (Lipinski definition) is 3. The molecule has 3 N–H and O–H groups in total. The van der Waals surface area contributed by atoms with Crippen molar-refractivity contribution in [2.24, 2.45) is 18.8 Å². The number of hydrazine groups is 1. The minimum atomic E-state index is 0.216. The van der Waals surface area contributed by atoms with E-state index in [-0.39, 0.29) is 6.04 Å². The summed E-state index contributed by atoms with van der Waals surface area (Å²) in [4.78, 5) is 0. The van der Waals surface area contributed by atoms with Crippen LogP contribution in [0.1, 0.15) is 44.0 Å². The smallest absolute Gasteiger partial charge is 0.0540 e. The molecule has 4 heteroatoms. The summed E-state index contributed by atoms with van der Waals surface area (Å²) in [5.41, 5.74) is 5.32. The van der Waals surface area contributed by atoms with Gasteiger partial charge < -0.3 is 0 Å². The van der Waals surface area contributed by atoms with Crippen molar-refractivity contribution in [3.8, 4) is 0 Å². The van der Waals surface area contributed by atoms with Crippen molar-refractivity contribution < 1.29 is 0 Å². The molecule has 0 amide bonds. The topological polar surface area (TPSA) is 55.9 Å². The molecule has 0 aliphatic carbocycles. The summed E-state index contributed by atoms with van der Waals surface area (Å²) in [5, 5.41) is 4.26. The van der Waals surface area contributed by atoms with Crippen LogP contribution in [0, 0.1) is 12.8 Å². The molecule has 0 saturated heterocycles. The van der Waals surface area contributed by atoms with Gasteiger partial charge in [-0.15, -0.1) is 0 Å². The molecule has 1 heterocycles. The third-order valence-electron chi connectivity index (χ3n) is 3.31. The highest BCUT2D eigenvalue weighted by Gasteiger charge is 2.22. The van der Waals surface area contributed by atoms with Gasteiger partial charge in [0.25, 0.3) is 0 Å². The van der Waals surface area contributed by atoms with Crippen molar-refractivity contribution in [1.82, 2.24) is 15.2 Å². The summed E-state index contributed by atoms with van der Waals surface area (Å²) < 4.78 is 1.89. The minimum Gasteiger partial charge on any atom is -0.273 e. The minimum absolute atomic E-state index is 0.216. The first-order valence-corrected chi connectivity index (χ1v) is 5.60. The van der Waals surface area contributed by atoms with Gasteiger partial charge in [0.05, 0.1) is 12.2 Å². The van der Waals surface area contributed by atoms with E-state index in [1.54, 1.807) is 0 Å². The van der Waals surface area contributed by atoms with Crippen LogP contribution in [0.15, 0.2) is 6.20 Å². The SMILES string of the molecule is CCC(CC)C(NN)c1cnn(C)c1C. The van der Waals surface area contributed by atoms with Gasteiger partial charge in [0.2, 0.25) is 0 Å². The van der Waals surface area contributed by atoms with Crippen molar-refractivity contribution in [1.29, 1.82) is 0 Å². The molecule has 1 aromatic rings. The molecule has 0 radical (unpaired) electrons. The highest BCUT2D eigenvalue weighted by Crippen LogP contribution is 2.28. The Bertz CT molecular complexity index is 302. The van der Waals surface area contributed by atoms with Crippen LogP contribution < -0.4 is 11.3 Å². The van der Waals surface area contributed by atoms with Crippen molar-refractivity contribution in [3.63, 3.8) is 0 Å². The lowest BCUT2D eigenvalue weighted by atomic mass is 9.89. The second-order valence-electron chi connectivity index (χ2n) is 4.03. The van der Waals surface area contributed by atoms with Crippen LogP contribution in [0.25, 0.3) is 0 Å². The molecule has 1 atom stereocenters. The number of nitrogens with two attached hydrogens (primary N) is 1. The van der Waals surface area contributed by atoms with Crippen LogP contribution in [0.5, 0.6) is 0 Å². The average molecular weight is 210 g/mol. The predicted molar refractivity (Wildman–Crippen MR) is 62.1 cm³/mol. The Kier molecular flexibility index (Phi) is 4.29. The molecule has 1 rings (SSSR count). The van der Waals surface area contributed by atoms with Crippen LogP contribution in [0.3, 0.4) is 0 Å². The third-order valence-corrected chi connectivity index (χ3v) is 3.31. The van der Waals surface area contributed by atoms with Gasteiger partial charge in [-0.25, -0.2) is 0 Å². The summed E-state index contributed by atoms with van der Waals surface area (Å²) in [6, 6.07) is 0.216. The zero-order valence-corrected chi connectivity index (χ0v) is 10.1. The van der Waals surface area contributed by atoms with Crippen LogP contribution in [0.4, 0.5) is 0 Å². The molecule has 15 heavy (non-hydrogen) atoms. The number of nitrogens with one attached hydrogen (secondary N) is 1. The lowest BCUT2D eigenvalue weighted by molar-refractivity contribution is 0.344. The number of aryl methyl sites for hydroxylation is 1. The molecule has 4 nitrogen and oxygen atoms in total. The quantitative estimate of drug-likeness (QED) is 0.574. The fourth-order valence-corrected chi connectivity index (χ4v) is 2.06. The van der Waals surface area contributed by atoms with E-state index in [1.165, 1.54) is 11.3 Å². The van der Waals surface area contributed by atoms with Crippen LogP contribution >= 0.6 is 0 Å². The van der Waals surface area contributed by atoms with Gasteiger partial charge >= 0.3 is 0 Å². The first-order chi connectivity index (χ1) is 7.15. The van der Waals surface area contributed by atoms with Crippen molar-refractivity contribution in [2.75, 3.05) is 0 Å². The second kappa shape index (κ2) is 5.28. The lowest BCUT2D eigenvalue weighted by Crippen LogP contribution is -2.33. The highest BCUT2D eigenvalue weighted by molar-refractivity contribution is 5.21. The fraction of sp³-hybridized carbons (Fsp3) is 0.727. The molecule has 1 aromatic heterocycles. The van der Waals surface area contributed by atoms with Crippen molar-refractivity contribution in [2.45, 2.75) is 39.7 Å². The standard InChI is InChI=1S/C11H22N4/c1-5-9(6-2)11(14-12)10-7-13-15(4)8(10)3/h7,9,11,14H,5-6,12H2,1-4H3. The van der Waals surface area contributed by atoms with Gasteiger partial charge in [0, 0.05) is 18.3 Å². The van der Waals surface area contributed by atoms with E-state index in [0.29, 0.717) is 5.92 Å².